The molecule has 0 atom stereocenters. The molecule has 0 aliphatic carbocycles. The fourth-order valence-electron chi connectivity index (χ4n) is 1.89. The van der Waals surface area contributed by atoms with Gasteiger partial charge in [0.2, 0.25) is 6.41 Å². The second kappa shape index (κ2) is 18.0. The SMILES string of the molecule is CC.CC.CNCCN(C=O)C1CCN(C)CC1.[V]. The van der Waals surface area contributed by atoms with Crippen LogP contribution in [0.1, 0.15) is 40.5 Å². The van der Waals surface area contributed by atoms with E-state index < -0.39 is 0 Å². The molecule has 0 bridgehead atoms. The number of nitrogens with zero attached hydrogens (tertiary/aromatic N) is 2. The van der Waals surface area contributed by atoms with Gasteiger partial charge in [0.05, 0.1) is 0 Å². The Labute approximate surface area is 132 Å². The molecule has 1 saturated heterocycles. The number of hydrogen-bond donors (Lipinski definition) is 1. The molecule has 0 aromatic carbocycles. The smallest absolute Gasteiger partial charge is 0.209 e. The third-order valence-electron chi connectivity index (χ3n) is 2.91. The van der Waals surface area contributed by atoms with E-state index in [2.05, 4.69) is 17.3 Å². The molecule has 1 heterocycles. The van der Waals surface area contributed by atoms with Crippen molar-refractivity contribution in [2.45, 2.75) is 46.6 Å². The maximum atomic E-state index is 10.9. The van der Waals surface area contributed by atoms with Crippen LogP contribution in [0.3, 0.4) is 0 Å². The molecule has 0 unspecified atom stereocenters. The zero-order valence-corrected chi connectivity index (χ0v) is 15.0. The van der Waals surface area contributed by atoms with E-state index in [9.17, 15) is 4.79 Å². The summed E-state index contributed by atoms with van der Waals surface area (Å²) < 4.78 is 0. The number of carbonyl (C=O) groups excluding carboxylic acids is 1. The summed E-state index contributed by atoms with van der Waals surface area (Å²) in [5.41, 5.74) is 0. The minimum Gasteiger partial charge on any atom is -0.341 e. The number of amides is 1. The molecule has 115 valence electrons. The number of hydrogen-bond acceptors (Lipinski definition) is 3. The fourth-order valence-corrected chi connectivity index (χ4v) is 1.89. The number of piperidine rings is 1. The molecule has 1 aliphatic heterocycles. The van der Waals surface area contributed by atoms with Crippen molar-refractivity contribution in [1.82, 2.24) is 15.1 Å². The van der Waals surface area contributed by atoms with E-state index in [1.54, 1.807) is 0 Å². The van der Waals surface area contributed by atoms with Crippen LogP contribution < -0.4 is 5.32 Å². The van der Waals surface area contributed by atoms with Gasteiger partial charge in [-0.05, 0) is 40.0 Å². The van der Waals surface area contributed by atoms with Gasteiger partial charge in [0.1, 0.15) is 0 Å². The fraction of sp³-hybridized carbons (Fsp3) is 0.929. The second-order valence-electron chi connectivity index (χ2n) is 3.98. The second-order valence-corrected chi connectivity index (χ2v) is 3.98. The first-order valence-electron chi connectivity index (χ1n) is 7.32. The van der Waals surface area contributed by atoms with Crippen LogP contribution in [0, 0.1) is 0 Å². The van der Waals surface area contributed by atoms with E-state index >= 15 is 0 Å². The monoisotopic (exact) mass is 310 g/mol. The Bertz CT molecular complexity index is 174. The summed E-state index contributed by atoms with van der Waals surface area (Å²) in [7, 11) is 4.05. The molecule has 1 amide bonds. The topological polar surface area (TPSA) is 35.6 Å². The van der Waals surface area contributed by atoms with Gasteiger partial charge in [-0.25, -0.2) is 0 Å². The van der Waals surface area contributed by atoms with E-state index in [1.165, 1.54) is 0 Å². The van der Waals surface area contributed by atoms with Crippen molar-refractivity contribution in [3.05, 3.63) is 0 Å². The van der Waals surface area contributed by atoms with Gasteiger partial charge in [-0.15, -0.1) is 0 Å². The maximum absolute atomic E-state index is 10.9. The summed E-state index contributed by atoms with van der Waals surface area (Å²) in [5.74, 6) is 0. The van der Waals surface area contributed by atoms with Gasteiger partial charge in [-0.1, -0.05) is 27.7 Å². The maximum Gasteiger partial charge on any atom is 0.209 e. The number of rotatable bonds is 5. The summed E-state index contributed by atoms with van der Waals surface area (Å²) in [6, 6.07) is 0.456. The van der Waals surface area contributed by atoms with Gasteiger partial charge >= 0.3 is 0 Å². The van der Waals surface area contributed by atoms with Crippen LogP contribution in [0.15, 0.2) is 0 Å². The van der Waals surface area contributed by atoms with E-state index in [0.29, 0.717) is 6.04 Å². The van der Waals surface area contributed by atoms with Crippen molar-refractivity contribution in [3.63, 3.8) is 0 Å². The van der Waals surface area contributed by atoms with Crippen molar-refractivity contribution in [1.29, 1.82) is 0 Å². The van der Waals surface area contributed by atoms with Crippen LogP contribution in [-0.4, -0.2) is 62.5 Å². The Kier molecular flexibility index (Phi) is 22.7. The number of carbonyl (C=O) groups is 1. The van der Waals surface area contributed by atoms with Crippen LogP contribution in [0.5, 0.6) is 0 Å². The summed E-state index contributed by atoms with van der Waals surface area (Å²) in [5, 5.41) is 3.07. The van der Waals surface area contributed by atoms with Crippen molar-refractivity contribution in [3.8, 4) is 0 Å². The van der Waals surface area contributed by atoms with Gasteiger partial charge in [0, 0.05) is 37.7 Å². The van der Waals surface area contributed by atoms with Crippen LogP contribution in [0.2, 0.25) is 0 Å². The first-order valence-corrected chi connectivity index (χ1v) is 7.32. The normalized spacial score (nSPS) is 15.1. The van der Waals surface area contributed by atoms with E-state index in [0.717, 1.165) is 45.4 Å². The average Bonchev–Trinajstić information content (AvgIpc) is 2.46. The molecule has 0 aromatic rings. The summed E-state index contributed by atoms with van der Waals surface area (Å²) in [4.78, 5) is 15.1. The summed E-state index contributed by atoms with van der Waals surface area (Å²) >= 11 is 0. The van der Waals surface area contributed by atoms with Crippen molar-refractivity contribution in [2.24, 2.45) is 0 Å². The Morgan fingerprint density at radius 1 is 1.21 bits per heavy atom. The van der Waals surface area contributed by atoms with E-state index in [-0.39, 0.29) is 18.6 Å². The number of likely N-dealkylation sites (tertiary alicyclic amines) is 1. The minimum atomic E-state index is 0. The third-order valence-corrected chi connectivity index (χ3v) is 2.91. The first kappa shape index (κ1) is 24.0. The summed E-state index contributed by atoms with van der Waals surface area (Å²) in [6.45, 7) is 11.9. The standard InChI is InChI=1S/C10H21N3O.2C2H6.V/c1-11-5-8-13(9-14)10-3-6-12(2)7-4-10;2*1-2;/h9-11H,3-8H2,1-2H3;2*1-2H3;. The molecular formula is C14H33N3OV. The molecule has 1 N–H and O–H groups in total. The zero-order valence-electron chi connectivity index (χ0n) is 13.6. The Hall–Kier alpha value is -0.0256. The van der Waals surface area contributed by atoms with Crippen LogP contribution in [0.25, 0.3) is 0 Å². The molecule has 5 heteroatoms. The van der Waals surface area contributed by atoms with Crippen LogP contribution in [0.4, 0.5) is 0 Å². The molecule has 19 heavy (non-hydrogen) atoms. The number of nitrogens with one attached hydrogen (secondary N) is 1. The van der Waals surface area contributed by atoms with Gasteiger partial charge in [-0.3, -0.25) is 4.79 Å². The van der Waals surface area contributed by atoms with Gasteiger partial charge in [0.25, 0.3) is 0 Å². The molecule has 1 radical (unpaired) electrons. The molecule has 1 aliphatic rings. The van der Waals surface area contributed by atoms with Crippen molar-refractivity contribution < 1.29 is 23.4 Å². The summed E-state index contributed by atoms with van der Waals surface area (Å²) in [6.07, 6.45) is 3.21. The molecule has 1 fully saturated rings. The van der Waals surface area contributed by atoms with Crippen molar-refractivity contribution >= 4 is 6.41 Å². The molecule has 0 aromatic heterocycles. The van der Waals surface area contributed by atoms with E-state index in [4.69, 9.17) is 0 Å². The van der Waals surface area contributed by atoms with Gasteiger partial charge in [-0.2, -0.15) is 0 Å². The van der Waals surface area contributed by atoms with Crippen LogP contribution >= 0.6 is 0 Å². The van der Waals surface area contributed by atoms with Crippen molar-refractivity contribution in [2.75, 3.05) is 40.3 Å². The molecule has 0 saturated carbocycles. The predicted molar refractivity (Wildman–Crippen MR) is 79.9 cm³/mol. The molecule has 1 rings (SSSR count). The average molecular weight is 310 g/mol. The molecule has 4 nitrogen and oxygen atoms in total. The van der Waals surface area contributed by atoms with Gasteiger partial charge < -0.3 is 15.1 Å². The largest absolute Gasteiger partial charge is 0.341 e. The van der Waals surface area contributed by atoms with E-state index in [1.807, 2.05) is 39.6 Å². The van der Waals surface area contributed by atoms with Gasteiger partial charge in [0.15, 0.2) is 0 Å². The molecule has 0 spiro atoms. The Morgan fingerprint density at radius 3 is 2.05 bits per heavy atom. The molecular weight excluding hydrogens is 277 g/mol. The first-order chi connectivity index (χ1) is 8.77. The minimum absolute atomic E-state index is 0. The third kappa shape index (κ3) is 11.5. The predicted octanol–water partition coefficient (Wildman–Crippen LogP) is 1.81. The zero-order chi connectivity index (χ0) is 14.4. The number of likely N-dealkylation sites (N-methyl/N-ethyl adjacent to an activating group) is 1. The Morgan fingerprint density at radius 2 is 1.68 bits per heavy atom. The Balaban J connectivity index is -0.000000467. The van der Waals surface area contributed by atoms with Crippen LogP contribution in [-0.2, 0) is 23.4 Å². The quantitative estimate of drug-likeness (QED) is 0.787.